The molecule has 2 aromatic rings. The molecule has 0 saturated heterocycles. The van der Waals surface area contributed by atoms with Crippen LogP contribution in [0.2, 0.25) is 0 Å². The Balaban J connectivity index is 2.21. The van der Waals surface area contributed by atoms with Gasteiger partial charge >= 0.3 is 0 Å². The largest absolute Gasteiger partial charge is 0.497 e. The zero-order valence-electron chi connectivity index (χ0n) is 10.9. The van der Waals surface area contributed by atoms with Crippen molar-refractivity contribution in [1.82, 2.24) is 0 Å². The van der Waals surface area contributed by atoms with Crippen LogP contribution >= 0.6 is 15.9 Å². The van der Waals surface area contributed by atoms with Crippen LogP contribution < -0.4 is 9.64 Å². The van der Waals surface area contributed by atoms with E-state index in [0.29, 0.717) is 6.54 Å². The molecule has 0 spiro atoms. The van der Waals surface area contributed by atoms with Gasteiger partial charge in [0.1, 0.15) is 11.6 Å². The molecule has 0 aliphatic rings. The molecule has 0 saturated carbocycles. The highest BCUT2D eigenvalue weighted by molar-refractivity contribution is 9.10. The highest BCUT2D eigenvalue weighted by atomic mass is 79.9. The summed E-state index contributed by atoms with van der Waals surface area (Å²) in [7, 11) is 3.57. The van der Waals surface area contributed by atoms with Crippen LogP contribution in [0.3, 0.4) is 0 Å². The van der Waals surface area contributed by atoms with E-state index >= 15 is 0 Å². The van der Waals surface area contributed by atoms with Crippen molar-refractivity contribution < 1.29 is 9.13 Å². The topological polar surface area (TPSA) is 12.5 Å². The van der Waals surface area contributed by atoms with E-state index in [1.54, 1.807) is 13.2 Å². The second-order valence-corrected chi connectivity index (χ2v) is 5.15. The van der Waals surface area contributed by atoms with Crippen LogP contribution in [0.1, 0.15) is 5.56 Å². The number of halogens is 2. The molecule has 0 bridgehead atoms. The fraction of sp³-hybridized carbons (Fsp3) is 0.200. The Morgan fingerprint density at radius 1 is 1.21 bits per heavy atom. The van der Waals surface area contributed by atoms with Crippen LogP contribution in [-0.2, 0) is 6.54 Å². The summed E-state index contributed by atoms with van der Waals surface area (Å²) >= 11 is 3.52. The first-order valence-electron chi connectivity index (χ1n) is 5.89. The summed E-state index contributed by atoms with van der Waals surface area (Å²) in [5.74, 6) is 0.583. The lowest BCUT2D eigenvalue weighted by Crippen LogP contribution is -2.16. The number of anilines is 1. The van der Waals surface area contributed by atoms with E-state index in [-0.39, 0.29) is 5.82 Å². The normalized spacial score (nSPS) is 10.3. The van der Waals surface area contributed by atoms with Crippen molar-refractivity contribution in [3.05, 3.63) is 58.3 Å². The maximum atomic E-state index is 13.2. The molecule has 0 N–H and O–H groups in total. The summed E-state index contributed by atoms with van der Waals surface area (Å²) in [5, 5.41) is 0. The van der Waals surface area contributed by atoms with Gasteiger partial charge in [-0.15, -0.1) is 0 Å². The van der Waals surface area contributed by atoms with Gasteiger partial charge in [-0.3, -0.25) is 0 Å². The molecule has 2 nitrogen and oxygen atoms in total. The van der Waals surface area contributed by atoms with Crippen molar-refractivity contribution in [2.45, 2.75) is 6.54 Å². The minimum absolute atomic E-state index is 0.228. The monoisotopic (exact) mass is 323 g/mol. The Morgan fingerprint density at radius 3 is 2.68 bits per heavy atom. The molecular formula is C15H15BrFNO. The third-order valence-electron chi connectivity index (χ3n) is 2.91. The van der Waals surface area contributed by atoms with Crippen LogP contribution in [0, 0.1) is 5.82 Å². The molecule has 0 unspecified atom stereocenters. The van der Waals surface area contributed by atoms with E-state index in [2.05, 4.69) is 15.9 Å². The second-order valence-electron chi connectivity index (χ2n) is 4.29. The van der Waals surface area contributed by atoms with E-state index in [9.17, 15) is 4.39 Å². The standard InChI is InChI=1S/C15H15BrFNO/c1-18(13-5-3-4-12(17)9-13)10-11-8-14(19-2)6-7-15(11)16/h3-9H,10H2,1-2H3. The van der Waals surface area contributed by atoms with E-state index < -0.39 is 0 Å². The number of hydrogen-bond donors (Lipinski definition) is 0. The molecule has 0 fully saturated rings. The molecule has 0 radical (unpaired) electrons. The zero-order valence-corrected chi connectivity index (χ0v) is 12.4. The molecule has 100 valence electrons. The fourth-order valence-corrected chi connectivity index (χ4v) is 2.23. The molecule has 0 atom stereocenters. The first-order chi connectivity index (χ1) is 9.10. The number of methoxy groups -OCH3 is 1. The summed E-state index contributed by atoms with van der Waals surface area (Å²) in [6.45, 7) is 0.668. The van der Waals surface area contributed by atoms with Gasteiger partial charge in [0, 0.05) is 23.8 Å². The van der Waals surface area contributed by atoms with Gasteiger partial charge in [0.15, 0.2) is 0 Å². The molecule has 0 heterocycles. The Kier molecular flexibility index (Phi) is 4.43. The fourth-order valence-electron chi connectivity index (χ4n) is 1.86. The number of nitrogens with zero attached hydrogens (tertiary/aromatic N) is 1. The number of ether oxygens (including phenoxy) is 1. The quantitative estimate of drug-likeness (QED) is 0.834. The summed E-state index contributed by atoms with van der Waals surface area (Å²) in [4.78, 5) is 1.99. The Morgan fingerprint density at radius 2 is 2.00 bits per heavy atom. The van der Waals surface area contributed by atoms with Crippen LogP contribution in [-0.4, -0.2) is 14.2 Å². The number of rotatable bonds is 4. The minimum atomic E-state index is -0.228. The number of benzene rings is 2. The molecular weight excluding hydrogens is 309 g/mol. The highest BCUT2D eigenvalue weighted by Gasteiger charge is 2.07. The van der Waals surface area contributed by atoms with Gasteiger partial charge in [0.2, 0.25) is 0 Å². The van der Waals surface area contributed by atoms with E-state index in [0.717, 1.165) is 21.5 Å². The molecule has 2 rings (SSSR count). The van der Waals surface area contributed by atoms with Gasteiger partial charge in [0.05, 0.1) is 7.11 Å². The predicted octanol–water partition coefficient (Wildman–Crippen LogP) is 4.23. The molecule has 0 aliphatic carbocycles. The number of hydrogen-bond acceptors (Lipinski definition) is 2. The van der Waals surface area contributed by atoms with Crippen molar-refractivity contribution in [2.75, 3.05) is 19.1 Å². The van der Waals surface area contributed by atoms with Gasteiger partial charge in [-0.25, -0.2) is 4.39 Å². The molecule has 19 heavy (non-hydrogen) atoms. The zero-order chi connectivity index (χ0) is 13.8. The van der Waals surface area contributed by atoms with Crippen molar-refractivity contribution >= 4 is 21.6 Å². The van der Waals surface area contributed by atoms with Crippen molar-refractivity contribution in [3.8, 4) is 5.75 Å². The Bertz CT molecular complexity index is 574. The highest BCUT2D eigenvalue weighted by Crippen LogP contribution is 2.25. The average molecular weight is 324 g/mol. The smallest absolute Gasteiger partial charge is 0.125 e. The predicted molar refractivity (Wildman–Crippen MR) is 79.2 cm³/mol. The van der Waals surface area contributed by atoms with Crippen molar-refractivity contribution in [1.29, 1.82) is 0 Å². The summed E-state index contributed by atoms with van der Waals surface area (Å²) in [5.41, 5.74) is 1.93. The van der Waals surface area contributed by atoms with Crippen molar-refractivity contribution in [2.24, 2.45) is 0 Å². The third-order valence-corrected chi connectivity index (χ3v) is 3.68. The third kappa shape index (κ3) is 3.47. The van der Waals surface area contributed by atoms with Crippen LogP contribution in [0.5, 0.6) is 5.75 Å². The summed E-state index contributed by atoms with van der Waals surface area (Å²) < 4.78 is 19.4. The molecule has 2 aromatic carbocycles. The molecule has 4 heteroatoms. The lowest BCUT2D eigenvalue weighted by atomic mass is 10.2. The minimum Gasteiger partial charge on any atom is -0.497 e. The average Bonchev–Trinajstić information content (AvgIpc) is 2.41. The Hall–Kier alpha value is -1.55. The Labute approximate surface area is 120 Å². The van der Waals surface area contributed by atoms with Gasteiger partial charge in [-0.05, 0) is 42.0 Å². The van der Waals surface area contributed by atoms with Crippen molar-refractivity contribution in [3.63, 3.8) is 0 Å². The molecule has 0 aliphatic heterocycles. The second kappa shape index (κ2) is 6.06. The van der Waals surface area contributed by atoms with Gasteiger partial charge in [-0.1, -0.05) is 22.0 Å². The van der Waals surface area contributed by atoms with E-state index in [1.165, 1.54) is 12.1 Å². The molecule has 0 amide bonds. The van der Waals surface area contributed by atoms with E-state index in [4.69, 9.17) is 4.74 Å². The summed E-state index contributed by atoms with van der Waals surface area (Å²) in [6.07, 6.45) is 0. The SMILES string of the molecule is COc1ccc(Br)c(CN(C)c2cccc(F)c2)c1. The first-order valence-corrected chi connectivity index (χ1v) is 6.68. The summed E-state index contributed by atoms with van der Waals surface area (Å²) in [6, 6.07) is 12.4. The van der Waals surface area contributed by atoms with Crippen LogP contribution in [0.25, 0.3) is 0 Å². The maximum Gasteiger partial charge on any atom is 0.125 e. The first kappa shape index (κ1) is 13.9. The van der Waals surface area contributed by atoms with Gasteiger partial charge in [0.25, 0.3) is 0 Å². The van der Waals surface area contributed by atoms with Crippen LogP contribution in [0.4, 0.5) is 10.1 Å². The maximum absolute atomic E-state index is 13.2. The van der Waals surface area contributed by atoms with Gasteiger partial charge in [-0.2, -0.15) is 0 Å². The molecule has 0 aromatic heterocycles. The lowest BCUT2D eigenvalue weighted by Gasteiger charge is -2.20. The van der Waals surface area contributed by atoms with Crippen LogP contribution in [0.15, 0.2) is 46.9 Å². The lowest BCUT2D eigenvalue weighted by molar-refractivity contribution is 0.414. The van der Waals surface area contributed by atoms with E-state index in [1.807, 2.05) is 36.2 Å². The van der Waals surface area contributed by atoms with Gasteiger partial charge < -0.3 is 9.64 Å².